The number of carbonyl (C=O) groups is 2. The third-order valence-corrected chi connectivity index (χ3v) is 7.29. The predicted molar refractivity (Wildman–Crippen MR) is 105 cm³/mol. The van der Waals surface area contributed by atoms with Crippen molar-refractivity contribution in [2.75, 3.05) is 26.2 Å². The highest BCUT2D eigenvalue weighted by molar-refractivity contribution is 5.96. The van der Waals surface area contributed by atoms with Crippen LogP contribution in [0.15, 0.2) is 4.52 Å². The van der Waals surface area contributed by atoms with Crippen LogP contribution in [0.4, 0.5) is 0 Å². The van der Waals surface area contributed by atoms with Gasteiger partial charge in [0.1, 0.15) is 11.3 Å². The number of aryl methyl sites for hydroxylation is 2. The van der Waals surface area contributed by atoms with Crippen molar-refractivity contribution in [1.82, 2.24) is 20.3 Å². The van der Waals surface area contributed by atoms with Crippen LogP contribution in [-0.2, 0) is 4.79 Å². The Hall–Kier alpha value is -1.89. The molecule has 28 heavy (non-hydrogen) atoms. The summed E-state index contributed by atoms with van der Waals surface area (Å²) in [5, 5.41) is 7.26. The van der Waals surface area contributed by atoms with E-state index in [1.807, 2.05) is 11.8 Å². The lowest BCUT2D eigenvalue weighted by molar-refractivity contribution is -0.123. The van der Waals surface area contributed by atoms with Crippen molar-refractivity contribution in [3.05, 3.63) is 17.0 Å². The largest absolute Gasteiger partial charge is 0.361 e. The minimum atomic E-state index is -0.155. The summed E-state index contributed by atoms with van der Waals surface area (Å²) in [5.41, 5.74) is 1.08. The maximum atomic E-state index is 12.9. The molecule has 2 amide bonds. The summed E-state index contributed by atoms with van der Waals surface area (Å²) in [5.74, 6) is 1.24. The lowest BCUT2D eigenvalue weighted by Crippen LogP contribution is -2.56. The van der Waals surface area contributed by atoms with E-state index in [9.17, 15) is 9.59 Å². The smallest absolute Gasteiger partial charge is 0.259 e. The van der Waals surface area contributed by atoms with Crippen LogP contribution in [0.5, 0.6) is 0 Å². The summed E-state index contributed by atoms with van der Waals surface area (Å²) in [7, 11) is 0. The quantitative estimate of drug-likeness (QED) is 0.855. The second-order valence-corrected chi connectivity index (χ2v) is 8.94. The number of hydrogen-bond acceptors (Lipinski definition) is 5. The van der Waals surface area contributed by atoms with E-state index in [0.29, 0.717) is 42.1 Å². The Morgan fingerprint density at radius 1 is 1.32 bits per heavy atom. The number of aromatic nitrogens is 1. The standard InChI is InChI=1S/C21H32N4O3/c1-5-6-13(2)25-11-16-17(12-25)21(22-19(16)26)7-9-24(10-8-21)20(27)18-14(3)23-28-15(18)4/h13,16-17H,5-12H2,1-4H3,(H,22,26)/t13?,16-,17+/m1/s1. The van der Waals surface area contributed by atoms with Gasteiger partial charge < -0.3 is 14.7 Å². The molecule has 1 aromatic rings. The molecule has 0 radical (unpaired) electrons. The molecule has 3 atom stereocenters. The second kappa shape index (κ2) is 7.17. The van der Waals surface area contributed by atoms with Crippen LogP contribution in [0.2, 0.25) is 0 Å². The maximum absolute atomic E-state index is 12.9. The molecule has 1 N–H and O–H groups in total. The number of rotatable bonds is 4. The molecule has 3 fully saturated rings. The van der Waals surface area contributed by atoms with Gasteiger partial charge in [0.05, 0.1) is 11.6 Å². The van der Waals surface area contributed by atoms with Crippen molar-refractivity contribution in [3.8, 4) is 0 Å². The zero-order chi connectivity index (χ0) is 20.1. The third-order valence-electron chi connectivity index (χ3n) is 7.29. The van der Waals surface area contributed by atoms with Crippen LogP contribution in [0.3, 0.4) is 0 Å². The SMILES string of the molecule is CCCC(C)N1C[C@H]2C(=O)NC3(CCN(C(=O)c4c(C)noc4C)CC3)[C@H]2C1. The monoisotopic (exact) mass is 388 g/mol. The number of amides is 2. The van der Waals surface area contributed by atoms with E-state index in [-0.39, 0.29) is 23.3 Å². The summed E-state index contributed by atoms with van der Waals surface area (Å²) in [6.07, 6.45) is 3.99. The van der Waals surface area contributed by atoms with Gasteiger partial charge in [-0.15, -0.1) is 0 Å². The van der Waals surface area contributed by atoms with Crippen LogP contribution in [-0.4, -0.2) is 64.5 Å². The summed E-state index contributed by atoms with van der Waals surface area (Å²) < 4.78 is 5.17. The first-order valence-corrected chi connectivity index (χ1v) is 10.6. The number of fused-ring (bicyclic) bond motifs is 2. The van der Waals surface area contributed by atoms with Crippen LogP contribution in [0.1, 0.15) is 61.3 Å². The average Bonchev–Trinajstić information content (AvgIpc) is 3.32. The van der Waals surface area contributed by atoms with Crippen LogP contribution < -0.4 is 5.32 Å². The van der Waals surface area contributed by atoms with E-state index in [1.165, 1.54) is 12.8 Å². The second-order valence-electron chi connectivity index (χ2n) is 8.94. The van der Waals surface area contributed by atoms with E-state index in [2.05, 4.69) is 29.2 Å². The molecular weight excluding hydrogens is 356 g/mol. The van der Waals surface area contributed by atoms with Crippen molar-refractivity contribution in [2.45, 2.75) is 65.0 Å². The molecule has 7 heteroatoms. The highest BCUT2D eigenvalue weighted by Crippen LogP contribution is 2.44. The Kier molecular flexibility index (Phi) is 4.98. The molecule has 0 aromatic carbocycles. The molecule has 1 unspecified atom stereocenters. The van der Waals surface area contributed by atoms with Gasteiger partial charge in [0.15, 0.2) is 0 Å². The zero-order valence-electron chi connectivity index (χ0n) is 17.5. The highest BCUT2D eigenvalue weighted by atomic mass is 16.5. The van der Waals surface area contributed by atoms with Gasteiger partial charge in [-0.25, -0.2) is 0 Å². The Morgan fingerprint density at radius 2 is 2.04 bits per heavy atom. The van der Waals surface area contributed by atoms with Gasteiger partial charge in [-0.1, -0.05) is 18.5 Å². The first kappa shape index (κ1) is 19.4. The van der Waals surface area contributed by atoms with Crippen molar-refractivity contribution in [3.63, 3.8) is 0 Å². The highest BCUT2D eigenvalue weighted by Gasteiger charge is 2.57. The minimum Gasteiger partial charge on any atom is -0.361 e. The molecule has 154 valence electrons. The van der Waals surface area contributed by atoms with Crippen molar-refractivity contribution in [1.29, 1.82) is 0 Å². The van der Waals surface area contributed by atoms with E-state index < -0.39 is 0 Å². The van der Waals surface area contributed by atoms with E-state index in [0.717, 1.165) is 25.9 Å². The topological polar surface area (TPSA) is 78.7 Å². The van der Waals surface area contributed by atoms with Gasteiger partial charge in [-0.2, -0.15) is 0 Å². The number of nitrogens with zero attached hydrogens (tertiary/aromatic N) is 3. The zero-order valence-corrected chi connectivity index (χ0v) is 17.5. The summed E-state index contributed by atoms with van der Waals surface area (Å²) in [6, 6.07) is 0.529. The first-order chi connectivity index (χ1) is 13.4. The molecule has 1 spiro atoms. The normalized spacial score (nSPS) is 27.9. The molecule has 3 aliphatic rings. The fourth-order valence-corrected chi connectivity index (χ4v) is 5.60. The minimum absolute atomic E-state index is 0.00316. The van der Waals surface area contributed by atoms with Crippen LogP contribution >= 0.6 is 0 Å². The Bertz CT molecular complexity index is 746. The summed E-state index contributed by atoms with van der Waals surface area (Å²) in [4.78, 5) is 30.0. The molecule has 1 aromatic heterocycles. The molecular formula is C21H32N4O3. The van der Waals surface area contributed by atoms with Crippen molar-refractivity contribution >= 4 is 11.8 Å². The predicted octanol–water partition coefficient (Wildman–Crippen LogP) is 2.13. The molecule has 0 saturated carbocycles. The molecule has 0 bridgehead atoms. The Balaban J connectivity index is 1.45. The summed E-state index contributed by atoms with van der Waals surface area (Å²) in [6.45, 7) is 11.3. The van der Waals surface area contributed by atoms with Crippen molar-refractivity contribution < 1.29 is 14.1 Å². The first-order valence-electron chi connectivity index (χ1n) is 10.6. The van der Waals surface area contributed by atoms with E-state index in [1.54, 1.807) is 6.92 Å². The van der Waals surface area contributed by atoms with E-state index in [4.69, 9.17) is 4.52 Å². The number of likely N-dealkylation sites (tertiary alicyclic amines) is 2. The van der Waals surface area contributed by atoms with Gasteiger partial charge in [0.2, 0.25) is 5.91 Å². The molecule has 7 nitrogen and oxygen atoms in total. The number of piperidine rings is 1. The van der Waals surface area contributed by atoms with Gasteiger partial charge in [-0.05, 0) is 40.0 Å². The van der Waals surface area contributed by atoms with Gasteiger partial charge in [0, 0.05) is 43.7 Å². The Morgan fingerprint density at radius 3 is 2.64 bits per heavy atom. The lowest BCUT2D eigenvalue weighted by atomic mass is 9.75. The fourth-order valence-electron chi connectivity index (χ4n) is 5.60. The van der Waals surface area contributed by atoms with Crippen LogP contribution in [0, 0.1) is 25.7 Å². The van der Waals surface area contributed by atoms with Gasteiger partial charge >= 0.3 is 0 Å². The number of hydrogen-bond donors (Lipinski definition) is 1. The van der Waals surface area contributed by atoms with Gasteiger partial charge in [0.25, 0.3) is 5.91 Å². The molecule has 4 heterocycles. The fraction of sp³-hybridized carbons (Fsp3) is 0.762. The van der Waals surface area contributed by atoms with E-state index >= 15 is 0 Å². The summed E-state index contributed by atoms with van der Waals surface area (Å²) >= 11 is 0. The van der Waals surface area contributed by atoms with Crippen molar-refractivity contribution in [2.24, 2.45) is 11.8 Å². The molecule has 3 aliphatic heterocycles. The lowest BCUT2D eigenvalue weighted by Gasteiger charge is -2.43. The third kappa shape index (κ3) is 3.04. The average molecular weight is 389 g/mol. The number of carbonyl (C=O) groups excluding carboxylic acids is 2. The Labute approximate surface area is 166 Å². The number of nitrogens with one attached hydrogen (secondary N) is 1. The van der Waals surface area contributed by atoms with Gasteiger partial charge in [-0.3, -0.25) is 14.5 Å². The van der Waals surface area contributed by atoms with Crippen LogP contribution in [0.25, 0.3) is 0 Å². The molecule has 4 rings (SSSR count). The molecule has 3 saturated heterocycles. The molecule has 0 aliphatic carbocycles. The maximum Gasteiger partial charge on any atom is 0.259 e.